The second-order valence-electron chi connectivity index (χ2n) is 4.41. The van der Waals surface area contributed by atoms with E-state index in [0.717, 1.165) is 0 Å². The van der Waals surface area contributed by atoms with Crippen molar-refractivity contribution in [2.24, 2.45) is 0 Å². The molecule has 0 saturated heterocycles. The maximum atomic E-state index is 11.9. The van der Waals surface area contributed by atoms with Crippen molar-refractivity contribution in [2.75, 3.05) is 6.54 Å². The average molecular weight is 321 g/mol. The van der Waals surface area contributed by atoms with Gasteiger partial charge in [0.15, 0.2) is 5.69 Å². The number of halogens is 1. The number of hydrogen-bond acceptors (Lipinski definition) is 6. The van der Waals surface area contributed by atoms with Gasteiger partial charge in [0, 0.05) is 25.0 Å². The summed E-state index contributed by atoms with van der Waals surface area (Å²) in [6, 6.07) is 2.86. The Morgan fingerprint density at radius 3 is 2.86 bits per heavy atom. The molecule has 0 aliphatic carbocycles. The molecule has 2 aromatic heterocycles. The Morgan fingerprint density at radius 2 is 2.18 bits per heavy atom. The van der Waals surface area contributed by atoms with Gasteiger partial charge in [-0.3, -0.25) is 9.59 Å². The first kappa shape index (κ1) is 15.8. The minimum Gasteiger partial charge on any atom is -0.349 e. The molecule has 2 N–H and O–H groups in total. The van der Waals surface area contributed by atoms with Crippen molar-refractivity contribution >= 4 is 23.4 Å². The molecule has 0 unspecified atom stereocenters. The normalized spacial score (nSPS) is 11.5. The Bertz CT molecular complexity index is 667. The molecule has 1 atom stereocenters. The zero-order valence-electron chi connectivity index (χ0n) is 11.7. The van der Waals surface area contributed by atoms with Crippen LogP contribution >= 0.6 is 11.6 Å². The van der Waals surface area contributed by atoms with E-state index in [1.165, 1.54) is 18.7 Å². The second kappa shape index (κ2) is 7.41. The third-order valence-electron chi connectivity index (χ3n) is 2.63. The molecule has 0 fully saturated rings. The number of nitrogens with zero attached hydrogens (tertiary/aromatic N) is 4. The number of rotatable bonds is 5. The molecule has 0 aromatic carbocycles. The Balaban J connectivity index is 1.85. The van der Waals surface area contributed by atoms with Crippen LogP contribution in [0, 0.1) is 0 Å². The molecule has 0 aliphatic rings. The highest BCUT2D eigenvalue weighted by atomic mass is 35.5. The number of hydrogen-bond donors (Lipinski definition) is 2. The van der Waals surface area contributed by atoms with Crippen LogP contribution < -0.4 is 10.6 Å². The van der Waals surface area contributed by atoms with Crippen LogP contribution in [-0.2, 0) is 0 Å². The third kappa shape index (κ3) is 4.19. The van der Waals surface area contributed by atoms with Crippen molar-refractivity contribution in [2.45, 2.75) is 13.0 Å². The quantitative estimate of drug-likeness (QED) is 0.828. The van der Waals surface area contributed by atoms with Gasteiger partial charge in [0.2, 0.25) is 0 Å². The monoisotopic (exact) mass is 320 g/mol. The fourth-order valence-electron chi connectivity index (χ4n) is 1.58. The Morgan fingerprint density at radius 1 is 1.36 bits per heavy atom. The van der Waals surface area contributed by atoms with Crippen molar-refractivity contribution in [1.82, 2.24) is 30.8 Å². The first-order valence-corrected chi connectivity index (χ1v) is 6.78. The van der Waals surface area contributed by atoms with Crippen molar-refractivity contribution in [3.8, 4) is 0 Å². The summed E-state index contributed by atoms with van der Waals surface area (Å²) in [7, 11) is 0. The van der Waals surface area contributed by atoms with E-state index in [0.29, 0.717) is 0 Å². The minimum absolute atomic E-state index is 0.0871. The maximum absolute atomic E-state index is 11.9. The van der Waals surface area contributed by atoms with Crippen molar-refractivity contribution < 1.29 is 9.59 Å². The molecule has 2 heterocycles. The molecule has 0 radical (unpaired) electrons. The molecule has 9 heteroatoms. The van der Waals surface area contributed by atoms with Gasteiger partial charge >= 0.3 is 0 Å². The van der Waals surface area contributed by atoms with Crippen LogP contribution in [-0.4, -0.2) is 44.6 Å². The van der Waals surface area contributed by atoms with Crippen LogP contribution in [0.1, 0.15) is 27.9 Å². The first-order valence-electron chi connectivity index (χ1n) is 6.40. The predicted molar refractivity (Wildman–Crippen MR) is 78.3 cm³/mol. The SMILES string of the molecule is C[C@H](CNC(=O)c1ncncc1Cl)NC(=O)c1cccnn1. The van der Waals surface area contributed by atoms with Crippen LogP contribution in [0.3, 0.4) is 0 Å². The van der Waals surface area contributed by atoms with Crippen LogP contribution in [0.4, 0.5) is 0 Å². The summed E-state index contributed by atoms with van der Waals surface area (Å²) in [4.78, 5) is 31.3. The lowest BCUT2D eigenvalue weighted by Crippen LogP contribution is -2.42. The summed E-state index contributed by atoms with van der Waals surface area (Å²) in [6.45, 7) is 1.96. The lowest BCUT2D eigenvalue weighted by atomic mass is 10.3. The van der Waals surface area contributed by atoms with Gasteiger partial charge in [-0.1, -0.05) is 11.6 Å². The Kier molecular flexibility index (Phi) is 5.31. The van der Waals surface area contributed by atoms with E-state index in [2.05, 4.69) is 30.8 Å². The molecule has 0 bridgehead atoms. The predicted octanol–water partition coefficient (Wildman–Crippen LogP) is 0.468. The molecule has 0 aliphatic heterocycles. The summed E-state index contributed by atoms with van der Waals surface area (Å²) in [6.07, 6.45) is 4.05. The number of aromatic nitrogens is 4. The molecule has 0 saturated carbocycles. The van der Waals surface area contributed by atoms with E-state index in [4.69, 9.17) is 11.6 Å². The maximum Gasteiger partial charge on any atom is 0.272 e. The van der Waals surface area contributed by atoms with Crippen LogP contribution in [0.2, 0.25) is 5.02 Å². The Labute approximate surface area is 131 Å². The van der Waals surface area contributed by atoms with Crippen LogP contribution in [0.5, 0.6) is 0 Å². The molecular weight excluding hydrogens is 308 g/mol. The molecule has 2 aromatic rings. The van der Waals surface area contributed by atoms with Gasteiger partial charge in [0.1, 0.15) is 12.0 Å². The molecule has 0 spiro atoms. The second-order valence-corrected chi connectivity index (χ2v) is 4.82. The lowest BCUT2D eigenvalue weighted by molar-refractivity contribution is 0.0906. The summed E-state index contributed by atoms with van der Waals surface area (Å²) in [5.74, 6) is -0.803. The van der Waals surface area contributed by atoms with Gasteiger partial charge in [-0.2, -0.15) is 5.10 Å². The van der Waals surface area contributed by atoms with Crippen LogP contribution in [0.15, 0.2) is 30.9 Å². The standard InChI is InChI=1S/C13H13ClN6O2/c1-8(19-12(21)10-3-2-4-18-20-10)5-16-13(22)11-9(14)6-15-7-17-11/h2-4,6-8H,5H2,1H3,(H,16,22)(H,19,21)/t8-/m1/s1. The highest BCUT2D eigenvalue weighted by Gasteiger charge is 2.15. The fourth-order valence-corrected chi connectivity index (χ4v) is 1.77. The molecule has 114 valence electrons. The smallest absolute Gasteiger partial charge is 0.272 e. The number of amides is 2. The van der Waals surface area contributed by atoms with Gasteiger partial charge in [-0.25, -0.2) is 9.97 Å². The largest absolute Gasteiger partial charge is 0.349 e. The van der Waals surface area contributed by atoms with Crippen molar-refractivity contribution in [1.29, 1.82) is 0 Å². The Hall–Kier alpha value is -2.61. The number of carbonyl (C=O) groups excluding carboxylic acids is 2. The summed E-state index contributed by atoms with van der Waals surface area (Å²) in [5, 5.41) is 12.8. The van der Waals surface area contributed by atoms with Crippen molar-refractivity contribution in [3.63, 3.8) is 0 Å². The zero-order valence-corrected chi connectivity index (χ0v) is 12.4. The van der Waals surface area contributed by atoms with Crippen LogP contribution in [0.25, 0.3) is 0 Å². The van der Waals surface area contributed by atoms with E-state index < -0.39 is 5.91 Å². The van der Waals surface area contributed by atoms with Gasteiger partial charge < -0.3 is 10.6 Å². The lowest BCUT2D eigenvalue weighted by Gasteiger charge is -2.14. The van der Waals surface area contributed by atoms with E-state index >= 15 is 0 Å². The average Bonchev–Trinajstić information content (AvgIpc) is 2.54. The molecule has 2 rings (SSSR count). The highest BCUT2D eigenvalue weighted by molar-refractivity contribution is 6.33. The number of nitrogens with one attached hydrogen (secondary N) is 2. The van der Waals surface area contributed by atoms with Gasteiger partial charge in [0.25, 0.3) is 11.8 Å². The van der Waals surface area contributed by atoms with Gasteiger partial charge in [-0.15, -0.1) is 5.10 Å². The van der Waals surface area contributed by atoms with Crippen molar-refractivity contribution in [3.05, 3.63) is 47.3 Å². The summed E-state index contributed by atoms with van der Waals surface area (Å²) >= 11 is 5.83. The first-order chi connectivity index (χ1) is 10.6. The minimum atomic E-state index is -0.437. The van der Waals surface area contributed by atoms with E-state index in [1.807, 2.05) is 0 Å². The summed E-state index contributed by atoms with van der Waals surface area (Å²) < 4.78 is 0. The number of carbonyl (C=O) groups is 2. The molecule has 22 heavy (non-hydrogen) atoms. The van der Waals surface area contributed by atoms with Gasteiger partial charge in [-0.05, 0) is 19.1 Å². The molecule has 8 nitrogen and oxygen atoms in total. The van der Waals surface area contributed by atoms with Gasteiger partial charge in [0.05, 0.1) is 5.02 Å². The zero-order chi connectivity index (χ0) is 15.9. The summed E-state index contributed by atoms with van der Waals surface area (Å²) in [5.41, 5.74) is 0.295. The van der Waals surface area contributed by atoms with E-state index in [1.54, 1.807) is 19.1 Å². The molecule has 2 amide bonds. The fraction of sp³-hybridized carbons (Fsp3) is 0.231. The molecular formula is C13H13ClN6O2. The third-order valence-corrected chi connectivity index (χ3v) is 2.91. The highest BCUT2D eigenvalue weighted by Crippen LogP contribution is 2.09. The van der Waals surface area contributed by atoms with E-state index in [-0.39, 0.29) is 34.9 Å². The van der Waals surface area contributed by atoms with E-state index in [9.17, 15) is 9.59 Å². The topological polar surface area (TPSA) is 110 Å².